The van der Waals surface area contributed by atoms with Gasteiger partial charge in [0, 0.05) is 19.3 Å². The van der Waals surface area contributed by atoms with E-state index in [2.05, 4.69) is 20.7 Å². The highest BCUT2D eigenvalue weighted by Gasteiger charge is 2.25. The number of aromatic amines is 1. The van der Waals surface area contributed by atoms with E-state index in [4.69, 9.17) is 0 Å². The van der Waals surface area contributed by atoms with Crippen LogP contribution in [0.25, 0.3) is 11.0 Å². The van der Waals surface area contributed by atoms with E-state index in [-0.39, 0.29) is 22.4 Å². The first-order valence-electron chi connectivity index (χ1n) is 7.62. The van der Waals surface area contributed by atoms with Gasteiger partial charge in [-0.1, -0.05) is 0 Å². The lowest BCUT2D eigenvalue weighted by Gasteiger charge is -2.15. The molecule has 0 bridgehead atoms. The number of rotatable bonds is 2. The van der Waals surface area contributed by atoms with E-state index in [9.17, 15) is 14.4 Å². The number of aryl methyl sites for hydroxylation is 2. The number of H-pyrrole nitrogens is 1. The lowest BCUT2D eigenvalue weighted by molar-refractivity contribution is -0.122. The number of nitrogens with zero attached hydrogens (tertiary/aromatic N) is 2. The Morgan fingerprint density at radius 1 is 1.39 bits per heavy atom. The summed E-state index contributed by atoms with van der Waals surface area (Å²) in [7, 11) is 1.66. The zero-order chi connectivity index (χ0) is 16.6. The SMILES string of the molecule is Cc1cc(C(=O)N[C@H]2CCCCNC2=O)c2c(=O)[nH]n(C)c2n1. The number of pyridine rings is 1. The Balaban J connectivity index is 1.97. The second kappa shape index (κ2) is 5.86. The van der Waals surface area contributed by atoms with Gasteiger partial charge < -0.3 is 10.6 Å². The molecule has 0 saturated carbocycles. The Morgan fingerprint density at radius 3 is 2.96 bits per heavy atom. The van der Waals surface area contributed by atoms with E-state index in [1.165, 1.54) is 4.68 Å². The van der Waals surface area contributed by atoms with Crippen molar-refractivity contribution in [2.24, 2.45) is 7.05 Å². The lowest BCUT2D eigenvalue weighted by Crippen LogP contribution is -2.45. The Kier molecular flexibility index (Phi) is 3.89. The molecule has 1 aliphatic rings. The standard InChI is InChI=1S/C15H19N5O3/c1-8-7-9(11-12(17-8)20(2)19-15(11)23)13(21)18-10-5-3-4-6-16-14(10)22/h7,10H,3-6H2,1-2H3,(H,16,22)(H,18,21)(H,19,23)/t10-/m0/s1. The van der Waals surface area contributed by atoms with Crippen LogP contribution in [0.1, 0.15) is 35.3 Å². The van der Waals surface area contributed by atoms with Crippen molar-refractivity contribution < 1.29 is 9.59 Å². The van der Waals surface area contributed by atoms with Crippen LogP contribution in [0.3, 0.4) is 0 Å². The average Bonchev–Trinajstić information content (AvgIpc) is 2.66. The smallest absolute Gasteiger partial charge is 0.274 e. The molecule has 3 rings (SSSR count). The number of carbonyl (C=O) groups is 2. The maximum atomic E-state index is 12.6. The van der Waals surface area contributed by atoms with Gasteiger partial charge in [0.25, 0.3) is 11.5 Å². The summed E-state index contributed by atoms with van der Waals surface area (Å²) in [5, 5.41) is 8.36. The minimum absolute atomic E-state index is 0.181. The molecular formula is C15H19N5O3. The summed E-state index contributed by atoms with van der Waals surface area (Å²) in [4.78, 5) is 41.0. The van der Waals surface area contributed by atoms with E-state index in [0.717, 1.165) is 12.8 Å². The van der Waals surface area contributed by atoms with Crippen LogP contribution in [0.5, 0.6) is 0 Å². The van der Waals surface area contributed by atoms with Gasteiger partial charge in [-0.3, -0.25) is 24.2 Å². The van der Waals surface area contributed by atoms with E-state index in [1.54, 1.807) is 20.0 Å². The van der Waals surface area contributed by atoms with Crippen molar-refractivity contribution in [3.63, 3.8) is 0 Å². The number of hydrogen-bond donors (Lipinski definition) is 3. The van der Waals surface area contributed by atoms with Crippen molar-refractivity contribution in [2.75, 3.05) is 6.54 Å². The van der Waals surface area contributed by atoms with Crippen LogP contribution in [-0.2, 0) is 11.8 Å². The maximum Gasteiger partial charge on any atom is 0.274 e. The van der Waals surface area contributed by atoms with Crippen LogP contribution >= 0.6 is 0 Å². The molecule has 2 aromatic heterocycles. The molecule has 23 heavy (non-hydrogen) atoms. The molecule has 1 aliphatic heterocycles. The number of fused-ring (bicyclic) bond motifs is 1. The van der Waals surface area contributed by atoms with Crippen LogP contribution < -0.4 is 16.2 Å². The second-order valence-corrected chi connectivity index (χ2v) is 5.82. The number of hydrogen-bond acceptors (Lipinski definition) is 4. The van der Waals surface area contributed by atoms with E-state index in [1.807, 2.05) is 0 Å². The van der Waals surface area contributed by atoms with E-state index in [0.29, 0.717) is 24.3 Å². The van der Waals surface area contributed by atoms with Gasteiger partial charge in [-0.15, -0.1) is 0 Å². The molecule has 0 aliphatic carbocycles. The first-order valence-corrected chi connectivity index (χ1v) is 7.62. The lowest BCUT2D eigenvalue weighted by atomic mass is 10.1. The van der Waals surface area contributed by atoms with Crippen molar-refractivity contribution in [2.45, 2.75) is 32.2 Å². The maximum absolute atomic E-state index is 12.6. The topological polar surface area (TPSA) is 109 Å². The van der Waals surface area contributed by atoms with Gasteiger partial charge >= 0.3 is 0 Å². The first kappa shape index (κ1) is 15.3. The predicted molar refractivity (Wildman–Crippen MR) is 84.2 cm³/mol. The minimum Gasteiger partial charge on any atom is -0.354 e. The molecule has 2 aromatic rings. The Hall–Kier alpha value is -2.64. The fraction of sp³-hybridized carbons (Fsp3) is 0.467. The van der Waals surface area contributed by atoms with Crippen molar-refractivity contribution >= 4 is 22.8 Å². The van der Waals surface area contributed by atoms with Crippen molar-refractivity contribution in [3.05, 3.63) is 27.7 Å². The number of aromatic nitrogens is 3. The monoisotopic (exact) mass is 317 g/mol. The number of nitrogens with one attached hydrogen (secondary N) is 3. The predicted octanol–water partition coefficient (Wildman–Crippen LogP) is -0.0315. The van der Waals surface area contributed by atoms with Crippen LogP contribution in [0.15, 0.2) is 10.9 Å². The summed E-state index contributed by atoms with van der Waals surface area (Å²) < 4.78 is 1.49. The fourth-order valence-electron chi connectivity index (χ4n) is 2.88. The molecular weight excluding hydrogens is 298 g/mol. The zero-order valence-electron chi connectivity index (χ0n) is 13.1. The van der Waals surface area contributed by atoms with Gasteiger partial charge in [0.05, 0.1) is 10.9 Å². The molecule has 122 valence electrons. The molecule has 2 amide bonds. The van der Waals surface area contributed by atoms with Gasteiger partial charge in [-0.25, -0.2) is 4.98 Å². The van der Waals surface area contributed by atoms with Crippen molar-refractivity contribution in [1.82, 2.24) is 25.4 Å². The second-order valence-electron chi connectivity index (χ2n) is 5.82. The van der Waals surface area contributed by atoms with Crippen molar-refractivity contribution in [1.29, 1.82) is 0 Å². The average molecular weight is 317 g/mol. The van der Waals surface area contributed by atoms with Gasteiger partial charge in [-0.05, 0) is 32.3 Å². The number of carbonyl (C=O) groups excluding carboxylic acids is 2. The Morgan fingerprint density at radius 2 is 2.17 bits per heavy atom. The molecule has 1 atom stereocenters. The van der Waals surface area contributed by atoms with E-state index >= 15 is 0 Å². The third-order valence-electron chi connectivity index (χ3n) is 4.03. The van der Waals surface area contributed by atoms with Gasteiger partial charge in [0.15, 0.2) is 5.65 Å². The third kappa shape index (κ3) is 2.84. The van der Waals surface area contributed by atoms with Crippen LogP contribution in [0, 0.1) is 6.92 Å². The molecule has 0 aromatic carbocycles. The summed E-state index contributed by atoms with van der Waals surface area (Å²) in [5.41, 5.74) is 0.921. The van der Waals surface area contributed by atoms with E-state index < -0.39 is 11.9 Å². The van der Waals surface area contributed by atoms with Gasteiger partial charge in [0.1, 0.15) is 6.04 Å². The number of amides is 2. The van der Waals surface area contributed by atoms with Crippen LogP contribution in [0.2, 0.25) is 0 Å². The quantitative estimate of drug-likeness (QED) is 0.722. The molecule has 8 heteroatoms. The molecule has 1 fully saturated rings. The fourth-order valence-corrected chi connectivity index (χ4v) is 2.88. The zero-order valence-corrected chi connectivity index (χ0v) is 13.1. The molecule has 3 heterocycles. The molecule has 0 radical (unpaired) electrons. The van der Waals surface area contributed by atoms with Gasteiger partial charge in [-0.2, -0.15) is 0 Å². The van der Waals surface area contributed by atoms with Crippen molar-refractivity contribution in [3.8, 4) is 0 Å². The Labute approximate surface area is 132 Å². The normalized spacial score (nSPS) is 18.5. The highest BCUT2D eigenvalue weighted by molar-refractivity contribution is 6.06. The molecule has 3 N–H and O–H groups in total. The summed E-state index contributed by atoms with van der Waals surface area (Å²) >= 11 is 0. The highest BCUT2D eigenvalue weighted by Crippen LogP contribution is 2.15. The van der Waals surface area contributed by atoms with Crippen LogP contribution in [0.4, 0.5) is 0 Å². The molecule has 0 unspecified atom stereocenters. The molecule has 1 saturated heterocycles. The first-order chi connectivity index (χ1) is 11.0. The van der Waals surface area contributed by atoms with Crippen LogP contribution in [-0.4, -0.2) is 39.2 Å². The summed E-state index contributed by atoms with van der Waals surface area (Å²) in [6.07, 6.45) is 2.35. The molecule has 8 nitrogen and oxygen atoms in total. The summed E-state index contributed by atoms with van der Waals surface area (Å²) in [6, 6.07) is 0.998. The highest BCUT2D eigenvalue weighted by atomic mass is 16.2. The Bertz CT molecular complexity index is 835. The largest absolute Gasteiger partial charge is 0.354 e. The van der Waals surface area contributed by atoms with Gasteiger partial charge in [0.2, 0.25) is 5.91 Å². The molecule has 0 spiro atoms. The minimum atomic E-state index is -0.573. The summed E-state index contributed by atoms with van der Waals surface area (Å²) in [5.74, 6) is -0.612. The summed E-state index contributed by atoms with van der Waals surface area (Å²) in [6.45, 7) is 2.38. The third-order valence-corrected chi connectivity index (χ3v) is 4.03.